The summed E-state index contributed by atoms with van der Waals surface area (Å²) in [6, 6.07) is 0. The molecule has 0 bridgehead atoms. The molecule has 1 heterocycles. The van der Waals surface area contributed by atoms with Crippen molar-refractivity contribution < 1.29 is 4.74 Å². The molecule has 1 atom stereocenters. The highest BCUT2D eigenvalue weighted by Gasteiger charge is 2.22. The molecule has 1 saturated carbocycles. The summed E-state index contributed by atoms with van der Waals surface area (Å²) in [5.41, 5.74) is 0. The number of hydrogen-bond acceptors (Lipinski definition) is 2. The molecule has 5 heteroatoms. The monoisotopic (exact) mass is 367 g/mol. The first-order valence-electron chi connectivity index (χ1n) is 6.86. The Bertz CT molecular complexity index is 263. The standard InChI is InChI=1S/C13H25N3O.HI/c1-3-14-13(15-8-11-4-5-11)16(2)9-12-6-7-17-10-12;/h11-12H,3-10H2,1-2H3,(H,14,15);1H. The maximum atomic E-state index is 5.42. The van der Waals surface area contributed by atoms with E-state index in [0.717, 1.165) is 44.7 Å². The fourth-order valence-corrected chi connectivity index (χ4v) is 2.19. The first-order valence-corrected chi connectivity index (χ1v) is 6.86. The van der Waals surface area contributed by atoms with E-state index in [9.17, 15) is 0 Å². The zero-order valence-corrected chi connectivity index (χ0v) is 13.9. The van der Waals surface area contributed by atoms with E-state index < -0.39 is 0 Å². The second kappa shape index (κ2) is 8.19. The highest BCUT2D eigenvalue weighted by Crippen LogP contribution is 2.28. The Balaban J connectivity index is 0.00000162. The molecule has 1 N–H and O–H groups in total. The largest absolute Gasteiger partial charge is 0.381 e. The van der Waals surface area contributed by atoms with E-state index in [1.54, 1.807) is 0 Å². The summed E-state index contributed by atoms with van der Waals surface area (Å²) in [7, 11) is 2.13. The molecule has 2 fully saturated rings. The summed E-state index contributed by atoms with van der Waals surface area (Å²) in [4.78, 5) is 6.96. The van der Waals surface area contributed by atoms with Crippen LogP contribution in [0.3, 0.4) is 0 Å². The van der Waals surface area contributed by atoms with Crippen LogP contribution in [0.5, 0.6) is 0 Å². The molecule has 0 amide bonds. The molecule has 0 aromatic carbocycles. The summed E-state index contributed by atoms with van der Waals surface area (Å²) in [5.74, 6) is 2.59. The van der Waals surface area contributed by atoms with Gasteiger partial charge >= 0.3 is 0 Å². The normalized spacial score (nSPS) is 23.7. The Hall–Kier alpha value is -0.0400. The lowest BCUT2D eigenvalue weighted by molar-refractivity contribution is 0.181. The van der Waals surface area contributed by atoms with Gasteiger partial charge in [-0.2, -0.15) is 0 Å². The van der Waals surface area contributed by atoms with Gasteiger partial charge in [0.2, 0.25) is 0 Å². The molecule has 1 aliphatic carbocycles. The van der Waals surface area contributed by atoms with Crippen molar-refractivity contribution in [2.45, 2.75) is 26.2 Å². The van der Waals surface area contributed by atoms with Crippen molar-refractivity contribution in [1.82, 2.24) is 10.2 Å². The van der Waals surface area contributed by atoms with Gasteiger partial charge in [-0.1, -0.05) is 0 Å². The minimum absolute atomic E-state index is 0. The highest BCUT2D eigenvalue weighted by molar-refractivity contribution is 14.0. The van der Waals surface area contributed by atoms with Gasteiger partial charge in [-0.15, -0.1) is 24.0 Å². The van der Waals surface area contributed by atoms with Crippen LogP contribution in [0.4, 0.5) is 0 Å². The second-order valence-corrected chi connectivity index (χ2v) is 5.25. The summed E-state index contributed by atoms with van der Waals surface area (Å²) in [6.45, 7) is 6.94. The Labute approximate surface area is 128 Å². The van der Waals surface area contributed by atoms with Crippen LogP contribution in [0.25, 0.3) is 0 Å². The lowest BCUT2D eigenvalue weighted by Crippen LogP contribution is -2.41. The van der Waals surface area contributed by atoms with E-state index in [4.69, 9.17) is 9.73 Å². The van der Waals surface area contributed by atoms with E-state index in [0.29, 0.717) is 5.92 Å². The van der Waals surface area contributed by atoms with E-state index in [2.05, 4.69) is 24.2 Å². The quantitative estimate of drug-likeness (QED) is 0.459. The lowest BCUT2D eigenvalue weighted by atomic mass is 10.1. The van der Waals surface area contributed by atoms with E-state index in [1.807, 2.05) is 0 Å². The van der Waals surface area contributed by atoms with Crippen molar-refractivity contribution in [3.8, 4) is 0 Å². The molecule has 1 aliphatic heterocycles. The summed E-state index contributed by atoms with van der Waals surface area (Å²) >= 11 is 0. The number of hydrogen-bond donors (Lipinski definition) is 1. The van der Waals surface area contributed by atoms with Crippen LogP contribution in [0.2, 0.25) is 0 Å². The third-order valence-electron chi connectivity index (χ3n) is 3.45. The Morgan fingerprint density at radius 1 is 1.33 bits per heavy atom. The van der Waals surface area contributed by atoms with Crippen LogP contribution in [0, 0.1) is 11.8 Å². The van der Waals surface area contributed by atoms with E-state index in [1.165, 1.54) is 19.3 Å². The third kappa shape index (κ3) is 5.30. The van der Waals surface area contributed by atoms with Gasteiger partial charge in [0.25, 0.3) is 0 Å². The molecule has 0 radical (unpaired) electrons. The van der Waals surface area contributed by atoms with Crippen LogP contribution < -0.4 is 5.32 Å². The van der Waals surface area contributed by atoms with Crippen molar-refractivity contribution in [2.24, 2.45) is 16.8 Å². The number of aliphatic imine (C=N–C) groups is 1. The molecule has 4 nitrogen and oxygen atoms in total. The molecule has 1 saturated heterocycles. The van der Waals surface area contributed by atoms with Gasteiger partial charge in [0.05, 0.1) is 6.61 Å². The van der Waals surface area contributed by atoms with Gasteiger partial charge in [0.15, 0.2) is 5.96 Å². The van der Waals surface area contributed by atoms with Gasteiger partial charge in [0, 0.05) is 39.2 Å². The Morgan fingerprint density at radius 2 is 2.11 bits per heavy atom. The minimum Gasteiger partial charge on any atom is -0.381 e. The maximum absolute atomic E-state index is 5.42. The molecule has 0 aromatic heterocycles. The number of guanidine groups is 1. The van der Waals surface area contributed by atoms with Crippen molar-refractivity contribution >= 4 is 29.9 Å². The molecule has 2 aliphatic rings. The van der Waals surface area contributed by atoms with Gasteiger partial charge in [0.1, 0.15) is 0 Å². The highest BCUT2D eigenvalue weighted by atomic mass is 127. The van der Waals surface area contributed by atoms with Crippen LogP contribution in [-0.2, 0) is 4.74 Å². The Kier molecular flexibility index (Phi) is 7.29. The number of nitrogens with zero attached hydrogens (tertiary/aromatic N) is 2. The van der Waals surface area contributed by atoms with Gasteiger partial charge < -0.3 is 15.0 Å². The smallest absolute Gasteiger partial charge is 0.193 e. The van der Waals surface area contributed by atoms with Crippen LogP contribution in [-0.4, -0.2) is 50.8 Å². The average molecular weight is 367 g/mol. The summed E-state index contributed by atoms with van der Waals surface area (Å²) < 4.78 is 5.42. The van der Waals surface area contributed by atoms with Gasteiger partial charge in [-0.05, 0) is 32.1 Å². The van der Waals surface area contributed by atoms with Crippen molar-refractivity contribution in [1.29, 1.82) is 0 Å². The summed E-state index contributed by atoms with van der Waals surface area (Å²) in [6.07, 6.45) is 3.92. The fraction of sp³-hybridized carbons (Fsp3) is 0.923. The molecule has 0 spiro atoms. The molecule has 2 rings (SSSR count). The third-order valence-corrected chi connectivity index (χ3v) is 3.45. The molecule has 106 valence electrons. The van der Waals surface area contributed by atoms with Crippen molar-refractivity contribution in [3.05, 3.63) is 0 Å². The predicted molar refractivity (Wildman–Crippen MR) is 85.7 cm³/mol. The molecular weight excluding hydrogens is 341 g/mol. The molecule has 0 aromatic rings. The zero-order valence-electron chi connectivity index (χ0n) is 11.5. The first-order chi connectivity index (χ1) is 8.29. The molecule has 18 heavy (non-hydrogen) atoms. The molecular formula is C13H26IN3O. The second-order valence-electron chi connectivity index (χ2n) is 5.25. The zero-order chi connectivity index (χ0) is 12.1. The van der Waals surface area contributed by atoms with E-state index in [-0.39, 0.29) is 24.0 Å². The minimum atomic E-state index is 0. The average Bonchev–Trinajstić information content (AvgIpc) is 3.01. The van der Waals surface area contributed by atoms with Gasteiger partial charge in [-0.3, -0.25) is 4.99 Å². The number of nitrogens with one attached hydrogen (secondary N) is 1. The molecule has 1 unspecified atom stereocenters. The Morgan fingerprint density at radius 3 is 2.67 bits per heavy atom. The van der Waals surface area contributed by atoms with Crippen LogP contribution in [0.15, 0.2) is 4.99 Å². The van der Waals surface area contributed by atoms with Crippen molar-refractivity contribution in [2.75, 3.05) is 39.9 Å². The van der Waals surface area contributed by atoms with Crippen LogP contribution >= 0.6 is 24.0 Å². The maximum Gasteiger partial charge on any atom is 0.193 e. The predicted octanol–water partition coefficient (Wildman–Crippen LogP) is 1.95. The number of ether oxygens (including phenoxy) is 1. The van der Waals surface area contributed by atoms with Crippen molar-refractivity contribution in [3.63, 3.8) is 0 Å². The number of halogens is 1. The SMILES string of the molecule is CCNC(=NCC1CC1)N(C)CC1CCOC1.I. The van der Waals surface area contributed by atoms with Gasteiger partial charge in [-0.25, -0.2) is 0 Å². The van der Waals surface area contributed by atoms with E-state index >= 15 is 0 Å². The topological polar surface area (TPSA) is 36.9 Å². The fourth-order valence-electron chi connectivity index (χ4n) is 2.19. The van der Waals surface area contributed by atoms with Crippen LogP contribution in [0.1, 0.15) is 26.2 Å². The first kappa shape index (κ1) is 16.0. The number of rotatable bonds is 5. The lowest BCUT2D eigenvalue weighted by Gasteiger charge is -2.24. The summed E-state index contributed by atoms with van der Waals surface area (Å²) in [5, 5.41) is 3.37.